The van der Waals surface area contributed by atoms with Crippen LogP contribution in [0.5, 0.6) is 5.75 Å². The Morgan fingerprint density at radius 3 is 2.00 bits per heavy atom. The van der Waals surface area contributed by atoms with E-state index in [1.54, 1.807) is 12.1 Å². The monoisotopic (exact) mass is 220 g/mol. The standard InChI is InChI=1S/C15H24O/c1-6-15(5,12(4)11(2)3)13-7-9-14(16)10-8-13/h7-12,16H,6H2,1-5H3. The van der Waals surface area contributed by atoms with Crippen LogP contribution in [0.15, 0.2) is 24.3 Å². The summed E-state index contributed by atoms with van der Waals surface area (Å²) in [5.41, 5.74) is 1.52. The first-order valence-electron chi connectivity index (χ1n) is 6.21. The first-order chi connectivity index (χ1) is 7.41. The Morgan fingerprint density at radius 1 is 1.12 bits per heavy atom. The van der Waals surface area contributed by atoms with Crippen molar-refractivity contribution in [2.45, 2.75) is 46.5 Å². The number of aromatic hydroxyl groups is 1. The van der Waals surface area contributed by atoms with Crippen molar-refractivity contribution in [1.29, 1.82) is 0 Å². The molecule has 1 N–H and O–H groups in total. The molecule has 2 atom stereocenters. The zero-order valence-electron chi connectivity index (χ0n) is 11.1. The van der Waals surface area contributed by atoms with E-state index in [1.807, 2.05) is 0 Å². The van der Waals surface area contributed by atoms with Crippen molar-refractivity contribution in [3.63, 3.8) is 0 Å². The Bertz CT molecular complexity index is 326. The molecule has 0 fully saturated rings. The summed E-state index contributed by atoms with van der Waals surface area (Å²) in [5, 5.41) is 9.34. The SMILES string of the molecule is CCC(C)(c1ccc(O)cc1)C(C)C(C)C. The van der Waals surface area contributed by atoms with Crippen molar-refractivity contribution in [2.75, 3.05) is 0 Å². The van der Waals surface area contributed by atoms with Crippen LogP contribution in [0.4, 0.5) is 0 Å². The van der Waals surface area contributed by atoms with Gasteiger partial charge in [-0.15, -0.1) is 0 Å². The molecule has 0 saturated heterocycles. The maximum Gasteiger partial charge on any atom is 0.115 e. The van der Waals surface area contributed by atoms with Crippen LogP contribution < -0.4 is 0 Å². The summed E-state index contributed by atoms with van der Waals surface area (Å²) in [6.45, 7) is 11.4. The first-order valence-corrected chi connectivity index (χ1v) is 6.21. The van der Waals surface area contributed by atoms with E-state index >= 15 is 0 Å². The highest BCUT2D eigenvalue weighted by molar-refractivity contribution is 5.31. The summed E-state index contributed by atoms with van der Waals surface area (Å²) in [6, 6.07) is 7.68. The van der Waals surface area contributed by atoms with Gasteiger partial charge in [-0.25, -0.2) is 0 Å². The maximum absolute atomic E-state index is 9.34. The number of phenols is 1. The van der Waals surface area contributed by atoms with Gasteiger partial charge in [-0.2, -0.15) is 0 Å². The fourth-order valence-corrected chi connectivity index (χ4v) is 2.37. The van der Waals surface area contributed by atoms with E-state index in [0.717, 1.165) is 6.42 Å². The van der Waals surface area contributed by atoms with Gasteiger partial charge in [0.05, 0.1) is 0 Å². The Hall–Kier alpha value is -0.980. The third-order valence-electron chi connectivity index (χ3n) is 4.27. The zero-order valence-corrected chi connectivity index (χ0v) is 11.1. The van der Waals surface area contributed by atoms with Crippen molar-refractivity contribution in [1.82, 2.24) is 0 Å². The highest BCUT2D eigenvalue weighted by atomic mass is 16.3. The highest BCUT2D eigenvalue weighted by Crippen LogP contribution is 2.39. The molecule has 0 aliphatic heterocycles. The summed E-state index contributed by atoms with van der Waals surface area (Å²) in [4.78, 5) is 0. The molecule has 1 aromatic carbocycles. The smallest absolute Gasteiger partial charge is 0.115 e. The summed E-state index contributed by atoms with van der Waals surface area (Å²) in [7, 11) is 0. The van der Waals surface area contributed by atoms with Gasteiger partial charge in [-0.05, 0) is 41.4 Å². The minimum Gasteiger partial charge on any atom is -0.508 e. The topological polar surface area (TPSA) is 20.2 Å². The van der Waals surface area contributed by atoms with Crippen LogP contribution in [0.3, 0.4) is 0 Å². The molecule has 0 aliphatic carbocycles. The zero-order chi connectivity index (χ0) is 12.3. The number of rotatable bonds is 4. The molecule has 2 unspecified atom stereocenters. The summed E-state index contributed by atoms with van der Waals surface area (Å²) < 4.78 is 0. The Balaban J connectivity index is 3.09. The molecule has 90 valence electrons. The van der Waals surface area contributed by atoms with Crippen LogP contribution in [0.2, 0.25) is 0 Å². The van der Waals surface area contributed by atoms with Crippen molar-refractivity contribution in [2.24, 2.45) is 11.8 Å². The molecule has 0 aromatic heterocycles. The number of hydrogen-bond acceptors (Lipinski definition) is 1. The predicted molar refractivity (Wildman–Crippen MR) is 69.8 cm³/mol. The second kappa shape index (κ2) is 4.90. The fourth-order valence-electron chi connectivity index (χ4n) is 2.37. The van der Waals surface area contributed by atoms with Crippen molar-refractivity contribution >= 4 is 0 Å². The maximum atomic E-state index is 9.34. The Kier molecular flexibility index (Phi) is 4.01. The van der Waals surface area contributed by atoms with Crippen LogP contribution in [-0.2, 0) is 5.41 Å². The van der Waals surface area contributed by atoms with E-state index in [0.29, 0.717) is 17.6 Å². The van der Waals surface area contributed by atoms with Gasteiger partial charge >= 0.3 is 0 Å². The van der Waals surface area contributed by atoms with Gasteiger partial charge in [-0.1, -0.05) is 46.8 Å². The molecule has 1 rings (SSSR count). The summed E-state index contributed by atoms with van der Waals surface area (Å²) in [6.07, 6.45) is 1.12. The molecule has 1 heteroatoms. The second-order valence-electron chi connectivity index (χ2n) is 5.35. The number of hydrogen-bond donors (Lipinski definition) is 1. The van der Waals surface area contributed by atoms with Crippen molar-refractivity contribution < 1.29 is 5.11 Å². The lowest BCUT2D eigenvalue weighted by Gasteiger charge is -2.38. The molecular weight excluding hydrogens is 196 g/mol. The molecule has 0 bridgehead atoms. The largest absolute Gasteiger partial charge is 0.508 e. The molecule has 0 radical (unpaired) electrons. The van der Waals surface area contributed by atoms with E-state index in [4.69, 9.17) is 0 Å². The normalized spacial score (nSPS) is 17.1. The molecule has 1 aromatic rings. The molecule has 0 aliphatic rings. The van der Waals surface area contributed by atoms with E-state index in [9.17, 15) is 5.11 Å². The minimum absolute atomic E-state index is 0.196. The Morgan fingerprint density at radius 2 is 1.62 bits per heavy atom. The molecular formula is C15H24O. The van der Waals surface area contributed by atoms with Gasteiger partial charge in [0.2, 0.25) is 0 Å². The minimum atomic E-state index is 0.196. The van der Waals surface area contributed by atoms with Gasteiger partial charge in [0.15, 0.2) is 0 Å². The number of phenolic OH excluding ortho intramolecular Hbond substituents is 1. The van der Waals surface area contributed by atoms with Gasteiger partial charge < -0.3 is 5.11 Å². The molecule has 0 amide bonds. The van der Waals surface area contributed by atoms with Crippen LogP contribution in [-0.4, -0.2) is 5.11 Å². The van der Waals surface area contributed by atoms with E-state index in [-0.39, 0.29) is 5.41 Å². The quantitative estimate of drug-likeness (QED) is 0.799. The highest BCUT2D eigenvalue weighted by Gasteiger charge is 2.32. The lowest BCUT2D eigenvalue weighted by molar-refractivity contribution is 0.235. The molecule has 0 spiro atoms. The van der Waals surface area contributed by atoms with E-state index < -0.39 is 0 Å². The fraction of sp³-hybridized carbons (Fsp3) is 0.600. The lowest BCUT2D eigenvalue weighted by atomic mass is 9.67. The van der Waals surface area contributed by atoms with E-state index in [1.165, 1.54) is 5.56 Å². The van der Waals surface area contributed by atoms with Crippen molar-refractivity contribution in [3.05, 3.63) is 29.8 Å². The Labute approximate surface area is 99.5 Å². The third kappa shape index (κ3) is 2.40. The number of benzene rings is 1. The predicted octanol–water partition coefficient (Wildman–Crippen LogP) is 4.35. The van der Waals surface area contributed by atoms with Gasteiger partial charge in [0, 0.05) is 0 Å². The summed E-state index contributed by atoms with van der Waals surface area (Å²) in [5.74, 6) is 1.64. The van der Waals surface area contributed by atoms with Crippen LogP contribution in [0.25, 0.3) is 0 Å². The second-order valence-corrected chi connectivity index (χ2v) is 5.35. The molecule has 16 heavy (non-hydrogen) atoms. The summed E-state index contributed by atoms with van der Waals surface area (Å²) >= 11 is 0. The van der Waals surface area contributed by atoms with Crippen LogP contribution in [0, 0.1) is 11.8 Å². The molecule has 0 heterocycles. The van der Waals surface area contributed by atoms with Gasteiger partial charge in [-0.3, -0.25) is 0 Å². The van der Waals surface area contributed by atoms with Gasteiger partial charge in [0.1, 0.15) is 5.75 Å². The van der Waals surface area contributed by atoms with Gasteiger partial charge in [0.25, 0.3) is 0 Å². The lowest BCUT2D eigenvalue weighted by Crippen LogP contribution is -2.32. The van der Waals surface area contributed by atoms with Crippen LogP contribution in [0.1, 0.15) is 46.6 Å². The van der Waals surface area contributed by atoms with E-state index in [2.05, 4.69) is 46.8 Å². The third-order valence-corrected chi connectivity index (χ3v) is 4.27. The average Bonchev–Trinajstić information content (AvgIpc) is 2.27. The van der Waals surface area contributed by atoms with Crippen LogP contribution >= 0.6 is 0 Å². The molecule has 1 nitrogen and oxygen atoms in total. The van der Waals surface area contributed by atoms with Crippen molar-refractivity contribution in [3.8, 4) is 5.75 Å². The molecule has 0 saturated carbocycles. The first kappa shape index (κ1) is 13.1. The average molecular weight is 220 g/mol.